The van der Waals surface area contributed by atoms with Gasteiger partial charge in [0.1, 0.15) is 5.92 Å². The molecule has 0 unspecified atom stereocenters. The number of hydrogen-bond acceptors (Lipinski definition) is 3. The summed E-state index contributed by atoms with van der Waals surface area (Å²) in [7, 11) is 0. The van der Waals surface area contributed by atoms with Crippen LogP contribution < -0.4 is 5.32 Å². The average Bonchev–Trinajstić information content (AvgIpc) is 3.03. The monoisotopic (exact) mass is 287 g/mol. The van der Waals surface area contributed by atoms with E-state index in [0.29, 0.717) is 5.69 Å². The van der Waals surface area contributed by atoms with Gasteiger partial charge in [-0.25, -0.2) is 0 Å². The van der Waals surface area contributed by atoms with E-state index in [4.69, 9.17) is 4.74 Å². The van der Waals surface area contributed by atoms with Gasteiger partial charge in [0, 0.05) is 5.69 Å². The van der Waals surface area contributed by atoms with E-state index in [1.807, 2.05) is 32.0 Å². The Labute approximate surface area is 122 Å². The van der Waals surface area contributed by atoms with Crippen molar-refractivity contribution in [3.63, 3.8) is 0 Å². The Bertz CT molecular complexity index is 637. The van der Waals surface area contributed by atoms with Gasteiger partial charge in [-0.1, -0.05) is 18.2 Å². The maximum atomic E-state index is 12.4. The minimum absolute atomic E-state index is 0.303. The predicted molar refractivity (Wildman–Crippen MR) is 77.0 cm³/mol. The molecule has 1 fully saturated rings. The van der Waals surface area contributed by atoms with Crippen LogP contribution in [0.4, 0.5) is 5.69 Å². The van der Waals surface area contributed by atoms with E-state index in [0.717, 1.165) is 11.1 Å². The molecule has 2 heterocycles. The first-order valence-corrected chi connectivity index (χ1v) is 6.92. The lowest BCUT2D eigenvalue weighted by Crippen LogP contribution is -2.39. The Kier molecular flexibility index (Phi) is 3.29. The van der Waals surface area contributed by atoms with Gasteiger partial charge < -0.3 is 15.2 Å². The summed E-state index contributed by atoms with van der Waals surface area (Å²) < 4.78 is 5.51. The number of carbonyl (C=O) groups is 2. The van der Waals surface area contributed by atoms with Gasteiger partial charge in [0.05, 0.1) is 18.1 Å². The molecule has 0 radical (unpaired) electrons. The van der Waals surface area contributed by atoms with E-state index in [1.54, 1.807) is 12.2 Å². The summed E-state index contributed by atoms with van der Waals surface area (Å²) in [6.45, 7) is 3.96. The molecule has 4 atom stereocenters. The molecule has 1 saturated heterocycles. The molecule has 1 aromatic carbocycles. The molecule has 5 heteroatoms. The molecule has 3 rings (SSSR count). The molecule has 0 spiro atoms. The summed E-state index contributed by atoms with van der Waals surface area (Å²) in [6.07, 6.45) is 2.56. The van der Waals surface area contributed by atoms with Crippen LogP contribution in [-0.4, -0.2) is 29.2 Å². The molecule has 110 valence electrons. The normalized spacial score (nSPS) is 29.6. The fraction of sp³-hybridized carbons (Fsp3) is 0.375. The van der Waals surface area contributed by atoms with Gasteiger partial charge in [0.25, 0.3) is 0 Å². The number of carboxylic acid groups (broad SMARTS) is 1. The van der Waals surface area contributed by atoms with Crippen molar-refractivity contribution in [1.82, 2.24) is 0 Å². The van der Waals surface area contributed by atoms with Gasteiger partial charge in [-0.15, -0.1) is 0 Å². The van der Waals surface area contributed by atoms with Crippen molar-refractivity contribution in [1.29, 1.82) is 0 Å². The zero-order valence-corrected chi connectivity index (χ0v) is 11.9. The number of fused-ring (bicyclic) bond motifs is 2. The van der Waals surface area contributed by atoms with Gasteiger partial charge >= 0.3 is 5.97 Å². The lowest BCUT2D eigenvalue weighted by Gasteiger charge is -2.21. The minimum Gasteiger partial charge on any atom is -0.481 e. The van der Waals surface area contributed by atoms with Gasteiger partial charge in [-0.3, -0.25) is 9.59 Å². The third-order valence-electron chi connectivity index (χ3n) is 4.26. The molecular weight excluding hydrogens is 270 g/mol. The molecule has 2 bridgehead atoms. The number of aliphatic carboxylic acids is 1. The fourth-order valence-corrected chi connectivity index (χ4v) is 2.96. The van der Waals surface area contributed by atoms with E-state index in [2.05, 4.69) is 5.32 Å². The number of ether oxygens (including phenoxy) is 1. The summed E-state index contributed by atoms with van der Waals surface area (Å²) in [5.41, 5.74) is 2.90. The average molecular weight is 287 g/mol. The Hall–Kier alpha value is -2.14. The standard InChI is InChI=1S/C16H17NO4/c1-8-3-4-10(7-9(8)2)17-15(18)13-11-5-6-12(21-11)14(13)16(19)20/h3-7,11-14H,1-2H3,(H,17,18)(H,19,20)/t11-,12-,13-,14-/m0/s1. The first kappa shape index (κ1) is 13.8. The van der Waals surface area contributed by atoms with Gasteiger partial charge in [-0.2, -0.15) is 0 Å². The molecule has 1 amide bonds. The molecule has 2 N–H and O–H groups in total. The van der Waals surface area contributed by atoms with Crippen LogP contribution >= 0.6 is 0 Å². The maximum Gasteiger partial charge on any atom is 0.310 e. The van der Waals surface area contributed by atoms with Crippen LogP contribution in [0.3, 0.4) is 0 Å². The summed E-state index contributed by atoms with van der Waals surface area (Å²) >= 11 is 0. The van der Waals surface area contributed by atoms with Crippen molar-refractivity contribution >= 4 is 17.6 Å². The Morgan fingerprint density at radius 1 is 1.10 bits per heavy atom. The molecule has 0 aromatic heterocycles. The smallest absolute Gasteiger partial charge is 0.310 e. The summed E-state index contributed by atoms with van der Waals surface area (Å²) in [4.78, 5) is 23.8. The number of amides is 1. The Morgan fingerprint density at radius 3 is 2.38 bits per heavy atom. The lowest BCUT2D eigenvalue weighted by molar-refractivity contribution is -0.145. The number of carboxylic acids is 1. The summed E-state index contributed by atoms with van der Waals surface area (Å²) in [5.74, 6) is -2.79. The molecule has 5 nitrogen and oxygen atoms in total. The number of anilines is 1. The van der Waals surface area contributed by atoms with Crippen LogP contribution in [0.1, 0.15) is 11.1 Å². The quantitative estimate of drug-likeness (QED) is 0.833. The number of carbonyl (C=O) groups excluding carboxylic acids is 1. The second kappa shape index (κ2) is 5.00. The summed E-state index contributed by atoms with van der Waals surface area (Å²) in [5, 5.41) is 12.1. The number of benzene rings is 1. The summed E-state index contributed by atoms with van der Waals surface area (Å²) in [6, 6.07) is 5.63. The SMILES string of the molecule is Cc1ccc(NC(=O)[C@@H]2[C@@H](C(=O)O)[C@@H]3C=C[C@@H]2O3)cc1C. The third kappa shape index (κ3) is 2.34. The number of hydrogen-bond donors (Lipinski definition) is 2. The van der Waals surface area contributed by atoms with E-state index < -0.39 is 30.0 Å². The Balaban J connectivity index is 1.80. The van der Waals surface area contributed by atoms with Crippen LogP contribution in [0.25, 0.3) is 0 Å². The molecule has 1 aromatic rings. The second-order valence-corrected chi connectivity index (χ2v) is 5.63. The minimum atomic E-state index is -0.993. The first-order valence-electron chi connectivity index (χ1n) is 6.92. The van der Waals surface area contributed by atoms with Gasteiger partial charge in [-0.05, 0) is 37.1 Å². The highest BCUT2D eigenvalue weighted by Crippen LogP contribution is 2.39. The lowest BCUT2D eigenvalue weighted by atomic mass is 9.82. The molecular formula is C16H17NO4. The van der Waals surface area contributed by atoms with Crippen LogP contribution in [0.15, 0.2) is 30.4 Å². The van der Waals surface area contributed by atoms with Crippen LogP contribution in [0.2, 0.25) is 0 Å². The third-order valence-corrected chi connectivity index (χ3v) is 4.26. The van der Waals surface area contributed by atoms with E-state index in [-0.39, 0.29) is 5.91 Å². The van der Waals surface area contributed by atoms with Crippen molar-refractivity contribution < 1.29 is 19.4 Å². The van der Waals surface area contributed by atoms with E-state index in [9.17, 15) is 14.7 Å². The van der Waals surface area contributed by atoms with Gasteiger partial charge in [0.15, 0.2) is 0 Å². The van der Waals surface area contributed by atoms with Crippen molar-refractivity contribution in [3.05, 3.63) is 41.5 Å². The molecule has 0 saturated carbocycles. The van der Waals surface area contributed by atoms with Crippen molar-refractivity contribution in [3.8, 4) is 0 Å². The zero-order chi connectivity index (χ0) is 15.1. The zero-order valence-electron chi connectivity index (χ0n) is 11.9. The fourth-order valence-electron chi connectivity index (χ4n) is 2.96. The largest absolute Gasteiger partial charge is 0.481 e. The van der Waals surface area contributed by atoms with E-state index in [1.165, 1.54) is 0 Å². The highest BCUT2D eigenvalue weighted by Gasteiger charge is 2.53. The van der Waals surface area contributed by atoms with Crippen LogP contribution in [0, 0.1) is 25.7 Å². The first-order chi connectivity index (χ1) is 9.97. The van der Waals surface area contributed by atoms with Crippen LogP contribution in [-0.2, 0) is 14.3 Å². The van der Waals surface area contributed by atoms with Crippen LogP contribution in [0.5, 0.6) is 0 Å². The number of aryl methyl sites for hydroxylation is 2. The highest BCUT2D eigenvalue weighted by atomic mass is 16.5. The predicted octanol–water partition coefficient (Wildman–Crippen LogP) is 1.90. The molecule has 0 aliphatic carbocycles. The van der Waals surface area contributed by atoms with Crippen molar-refractivity contribution in [2.24, 2.45) is 11.8 Å². The molecule has 21 heavy (non-hydrogen) atoms. The van der Waals surface area contributed by atoms with Crippen molar-refractivity contribution in [2.45, 2.75) is 26.1 Å². The Morgan fingerprint density at radius 2 is 1.76 bits per heavy atom. The second-order valence-electron chi connectivity index (χ2n) is 5.63. The van der Waals surface area contributed by atoms with Gasteiger partial charge in [0.2, 0.25) is 5.91 Å². The molecule has 2 aliphatic heterocycles. The number of nitrogens with one attached hydrogen (secondary N) is 1. The number of rotatable bonds is 3. The van der Waals surface area contributed by atoms with Crippen molar-refractivity contribution in [2.75, 3.05) is 5.32 Å². The maximum absolute atomic E-state index is 12.4. The van der Waals surface area contributed by atoms with E-state index >= 15 is 0 Å². The topological polar surface area (TPSA) is 75.6 Å². The molecule has 2 aliphatic rings. The highest BCUT2D eigenvalue weighted by molar-refractivity contribution is 5.96.